The summed E-state index contributed by atoms with van der Waals surface area (Å²) in [5, 5.41) is 10.1. The summed E-state index contributed by atoms with van der Waals surface area (Å²) in [4.78, 5) is 17.2. The molecule has 0 fully saturated rings. The molecule has 0 radical (unpaired) electrons. The molecule has 1 heterocycles. The second kappa shape index (κ2) is 6.90. The molecule has 3 nitrogen and oxygen atoms in total. The van der Waals surface area contributed by atoms with Gasteiger partial charge in [-0.3, -0.25) is 0 Å². The number of benzene rings is 1. The molecule has 0 aliphatic rings. The Hall–Kier alpha value is -1.33. The minimum atomic E-state index is -0.863. The summed E-state index contributed by atoms with van der Waals surface area (Å²) >= 11 is 2.99. The van der Waals surface area contributed by atoms with Crippen molar-refractivity contribution in [2.45, 2.75) is 37.3 Å². The molecule has 0 amide bonds. The number of thiazole rings is 1. The third-order valence-electron chi connectivity index (χ3n) is 2.81. The highest BCUT2D eigenvalue weighted by molar-refractivity contribution is 7.98. The maximum absolute atomic E-state index is 11.2. The SMILES string of the molecule is CCCc1nc(CSc2ccc(C)cc2)sc1C(=O)O. The third kappa shape index (κ3) is 3.84. The molecule has 0 saturated heterocycles. The molecule has 0 unspecified atom stereocenters. The second-order valence-electron chi connectivity index (χ2n) is 4.54. The number of thioether (sulfide) groups is 1. The Balaban J connectivity index is 2.07. The Bertz CT molecular complexity index is 590. The van der Waals surface area contributed by atoms with Crippen LogP contribution in [0.5, 0.6) is 0 Å². The minimum absolute atomic E-state index is 0.395. The van der Waals surface area contributed by atoms with E-state index in [1.54, 1.807) is 11.8 Å². The van der Waals surface area contributed by atoms with Gasteiger partial charge in [0.1, 0.15) is 9.88 Å². The zero-order valence-electron chi connectivity index (χ0n) is 11.5. The van der Waals surface area contributed by atoms with Gasteiger partial charge in [-0.05, 0) is 25.5 Å². The molecule has 20 heavy (non-hydrogen) atoms. The van der Waals surface area contributed by atoms with E-state index in [1.807, 2.05) is 6.92 Å². The van der Waals surface area contributed by atoms with Crippen LogP contribution in [-0.4, -0.2) is 16.1 Å². The molecule has 0 bridgehead atoms. The number of nitrogens with zero attached hydrogens (tertiary/aromatic N) is 1. The van der Waals surface area contributed by atoms with E-state index < -0.39 is 5.97 Å². The lowest BCUT2D eigenvalue weighted by Crippen LogP contribution is -1.98. The van der Waals surface area contributed by atoms with E-state index in [1.165, 1.54) is 21.8 Å². The molecule has 1 aromatic carbocycles. The van der Waals surface area contributed by atoms with Crippen LogP contribution < -0.4 is 0 Å². The number of hydrogen-bond donors (Lipinski definition) is 1. The summed E-state index contributed by atoms with van der Waals surface area (Å²) in [6.07, 6.45) is 1.64. The monoisotopic (exact) mass is 307 g/mol. The van der Waals surface area contributed by atoms with E-state index in [2.05, 4.69) is 36.2 Å². The lowest BCUT2D eigenvalue weighted by Gasteiger charge is -1.99. The molecular weight excluding hydrogens is 290 g/mol. The van der Waals surface area contributed by atoms with Crippen LogP contribution >= 0.6 is 23.1 Å². The highest BCUT2D eigenvalue weighted by Crippen LogP contribution is 2.27. The van der Waals surface area contributed by atoms with Crippen molar-refractivity contribution in [1.82, 2.24) is 4.98 Å². The average molecular weight is 307 g/mol. The first-order valence-electron chi connectivity index (χ1n) is 6.51. The number of aromatic carboxylic acids is 1. The second-order valence-corrected chi connectivity index (χ2v) is 6.67. The predicted molar refractivity (Wildman–Crippen MR) is 83.8 cm³/mol. The average Bonchev–Trinajstić information content (AvgIpc) is 2.82. The smallest absolute Gasteiger partial charge is 0.347 e. The van der Waals surface area contributed by atoms with Crippen molar-refractivity contribution in [3.8, 4) is 0 Å². The molecule has 2 aromatic rings. The van der Waals surface area contributed by atoms with Crippen molar-refractivity contribution < 1.29 is 9.90 Å². The van der Waals surface area contributed by atoms with Gasteiger partial charge < -0.3 is 5.11 Å². The van der Waals surface area contributed by atoms with Crippen molar-refractivity contribution in [1.29, 1.82) is 0 Å². The van der Waals surface area contributed by atoms with E-state index in [9.17, 15) is 9.90 Å². The number of hydrogen-bond acceptors (Lipinski definition) is 4. The van der Waals surface area contributed by atoms with Crippen molar-refractivity contribution in [3.05, 3.63) is 45.4 Å². The van der Waals surface area contributed by atoms with E-state index >= 15 is 0 Å². The molecule has 1 aromatic heterocycles. The maximum atomic E-state index is 11.2. The molecule has 0 aliphatic heterocycles. The summed E-state index contributed by atoms with van der Waals surface area (Å²) in [6, 6.07) is 8.32. The van der Waals surface area contributed by atoms with Crippen LogP contribution in [0.1, 0.15) is 39.3 Å². The summed E-state index contributed by atoms with van der Waals surface area (Å²) in [5.41, 5.74) is 1.96. The zero-order valence-corrected chi connectivity index (χ0v) is 13.2. The topological polar surface area (TPSA) is 50.2 Å². The van der Waals surface area contributed by atoms with E-state index in [0.29, 0.717) is 4.88 Å². The highest BCUT2D eigenvalue weighted by Gasteiger charge is 2.16. The highest BCUT2D eigenvalue weighted by atomic mass is 32.2. The van der Waals surface area contributed by atoms with Crippen LogP contribution in [0.4, 0.5) is 0 Å². The van der Waals surface area contributed by atoms with Crippen LogP contribution in [-0.2, 0) is 12.2 Å². The number of carbonyl (C=O) groups is 1. The van der Waals surface area contributed by atoms with Gasteiger partial charge in [0.05, 0.1) is 11.4 Å². The fraction of sp³-hybridized carbons (Fsp3) is 0.333. The number of carboxylic acid groups (broad SMARTS) is 1. The summed E-state index contributed by atoms with van der Waals surface area (Å²) in [6.45, 7) is 4.09. The van der Waals surface area contributed by atoms with Crippen LogP contribution in [0.15, 0.2) is 29.2 Å². The lowest BCUT2D eigenvalue weighted by molar-refractivity contribution is 0.0700. The van der Waals surface area contributed by atoms with Crippen molar-refractivity contribution in [2.75, 3.05) is 0 Å². The van der Waals surface area contributed by atoms with Crippen molar-refractivity contribution in [3.63, 3.8) is 0 Å². The predicted octanol–water partition coefficient (Wildman–Crippen LogP) is 4.39. The van der Waals surface area contributed by atoms with Crippen LogP contribution in [0, 0.1) is 6.92 Å². The van der Waals surface area contributed by atoms with Crippen LogP contribution in [0.25, 0.3) is 0 Å². The first kappa shape index (κ1) is 15.1. The summed E-state index contributed by atoms with van der Waals surface area (Å²) in [5.74, 6) is -0.143. The van der Waals surface area contributed by atoms with Gasteiger partial charge >= 0.3 is 5.97 Å². The standard InChI is InChI=1S/C15H17NO2S2/c1-3-4-12-14(15(17)18)20-13(16-12)9-19-11-7-5-10(2)6-8-11/h5-8H,3-4,9H2,1-2H3,(H,17,18). The number of carboxylic acids is 1. The summed E-state index contributed by atoms with van der Waals surface area (Å²) < 4.78 is 0. The van der Waals surface area contributed by atoms with Gasteiger partial charge in [0.25, 0.3) is 0 Å². The fourth-order valence-corrected chi connectivity index (χ4v) is 3.66. The zero-order chi connectivity index (χ0) is 14.5. The Kier molecular flexibility index (Phi) is 5.20. The lowest BCUT2D eigenvalue weighted by atomic mass is 10.2. The molecule has 0 saturated carbocycles. The van der Waals surface area contributed by atoms with Crippen LogP contribution in [0.3, 0.4) is 0 Å². The van der Waals surface area contributed by atoms with Gasteiger partial charge in [-0.15, -0.1) is 23.1 Å². The molecular formula is C15H17NO2S2. The Morgan fingerprint density at radius 3 is 2.65 bits per heavy atom. The van der Waals surface area contributed by atoms with Crippen molar-refractivity contribution in [2.24, 2.45) is 0 Å². The van der Waals surface area contributed by atoms with E-state index in [-0.39, 0.29) is 0 Å². The largest absolute Gasteiger partial charge is 0.477 e. The molecule has 0 atom stereocenters. The normalized spacial score (nSPS) is 10.7. The Morgan fingerprint density at radius 1 is 1.35 bits per heavy atom. The van der Waals surface area contributed by atoms with Gasteiger partial charge in [0, 0.05) is 4.90 Å². The Labute approximate surface area is 127 Å². The molecule has 0 spiro atoms. The van der Waals surface area contributed by atoms with Gasteiger partial charge in [-0.1, -0.05) is 31.0 Å². The number of aryl methyl sites for hydroxylation is 2. The third-order valence-corrected chi connectivity index (χ3v) is 5.10. The first-order valence-corrected chi connectivity index (χ1v) is 8.31. The maximum Gasteiger partial charge on any atom is 0.347 e. The fourth-order valence-electron chi connectivity index (χ4n) is 1.82. The van der Waals surface area contributed by atoms with Crippen molar-refractivity contribution >= 4 is 29.1 Å². The van der Waals surface area contributed by atoms with Gasteiger partial charge in [-0.2, -0.15) is 0 Å². The minimum Gasteiger partial charge on any atom is -0.477 e. The Morgan fingerprint density at radius 2 is 2.05 bits per heavy atom. The molecule has 5 heteroatoms. The molecule has 0 aliphatic carbocycles. The van der Waals surface area contributed by atoms with E-state index in [4.69, 9.17) is 0 Å². The quantitative estimate of drug-likeness (QED) is 0.804. The molecule has 2 rings (SSSR count). The number of rotatable bonds is 6. The summed E-state index contributed by atoms with van der Waals surface area (Å²) in [7, 11) is 0. The number of aromatic nitrogens is 1. The van der Waals surface area contributed by atoms with E-state index in [0.717, 1.165) is 29.3 Å². The molecule has 106 valence electrons. The van der Waals surface area contributed by atoms with Gasteiger partial charge in [0.2, 0.25) is 0 Å². The van der Waals surface area contributed by atoms with Gasteiger partial charge in [0.15, 0.2) is 0 Å². The first-order chi connectivity index (χ1) is 9.60. The van der Waals surface area contributed by atoms with Crippen LogP contribution in [0.2, 0.25) is 0 Å². The van der Waals surface area contributed by atoms with Gasteiger partial charge in [-0.25, -0.2) is 9.78 Å². The molecule has 1 N–H and O–H groups in total.